The molecule has 2 rings (SSSR count). The maximum atomic E-state index is 8.66. The number of rotatable bonds is 4. The van der Waals surface area contributed by atoms with E-state index in [0.29, 0.717) is 19.0 Å². The molecular formula is C13H18N4O. The smallest absolute Gasteiger partial charge is 0.215 e. The number of hydrogen-bond acceptors (Lipinski definition) is 5. The summed E-state index contributed by atoms with van der Waals surface area (Å²) >= 11 is 0. The highest BCUT2D eigenvalue weighted by atomic mass is 16.5. The Morgan fingerprint density at radius 2 is 2.11 bits per heavy atom. The second-order valence-electron chi connectivity index (χ2n) is 4.19. The summed E-state index contributed by atoms with van der Waals surface area (Å²) in [5.74, 6) is 1.63. The first-order valence-electron chi connectivity index (χ1n) is 6.27. The molecule has 0 amide bonds. The molecule has 2 heterocycles. The highest BCUT2D eigenvalue weighted by Crippen LogP contribution is 2.17. The number of nitriles is 1. The zero-order valence-electron chi connectivity index (χ0n) is 10.7. The van der Waals surface area contributed by atoms with Gasteiger partial charge < -0.3 is 9.64 Å². The Balaban J connectivity index is 1.97. The molecule has 0 spiro atoms. The molecule has 0 aromatic carbocycles. The molecular weight excluding hydrogens is 228 g/mol. The number of anilines is 1. The van der Waals surface area contributed by atoms with Crippen LogP contribution in [0.3, 0.4) is 0 Å². The van der Waals surface area contributed by atoms with Gasteiger partial charge in [-0.05, 0) is 13.0 Å². The lowest BCUT2D eigenvalue weighted by Gasteiger charge is -2.34. The highest BCUT2D eigenvalue weighted by Gasteiger charge is 2.17. The van der Waals surface area contributed by atoms with Crippen LogP contribution in [0.1, 0.15) is 6.92 Å². The van der Waals surface area contributed by atoms with Gasteiger partial charge in [0.2, 0.25) is 5.88 Å². The molecule has 0 aliphatic carbocycles. The van der Waals surface area contributed by atoms with Crippen molar-refractivity contribution in [3.05, 3.63) is 18.2 Å². The fraction of sp³-hybridized carbons (Fsp3) is 0.538. The SMILES string of the molecule is CCOc1cccc(N2CCN(CC#N)CC2)n1. The van der Waals surface area contributed by atoms with Crippen molar-refractivity contribution in [3.8, 4) is 11.9 Å². The van der Waals surface area contributed by atoms with Crippen LogP contribution in [0, 0.1) is 11.3 Å². The van der Waals surface area contributed by atoms with Crippen LogP contribution in [0.2, 0.25) is 0 Å². The average molecular weight is 246 g/mol. The van der Waals surface area contributed by atoms with Crippen molar-refractivity contribution >= 4 is 5.82 Å². The number of ether oxygens (including phenoxy) is 1. The van der Waals surface area contributed by atoms with Gasteiger partial charge in [0.1, 0.15) is 5.82 Å². The molecule has 0 N–H and O–H groups in total. The van der Waals surface area contributed by atoms with Crippen LogP contribution in [0.15, 0.2) is 18.2 Å². The van der Waals surface area contributed by atoms with Gasteiger partial charge in [0.25, 0.3) is 0 Å². The third kappa shape index (κ3) is 3.11. The van der Waals surface area contributed by atoms with Crippen LogP contribution < -0.4 is 9.64 Å². The van der Waals surface area contributed by atoms with E-state index in [4.69, 9.17) is 10.00 Å². The van der Waals surface area contributed by atoms with Gasteiger partial charge in [-0.2, -0.15) is 10.2 Å². The standard InChI is InChI=1S/C13H18N4O/c1-2-18-13-5-3-4-12(15-13)17-10-8-16(7-6-14)9-11-17/h3-5H,2,7-11H2,1H3. The van der Waals surface area contributed by atoms with E-state index in [1.807, 2.05) is 25.1 Å². The molecule has 1 fully saturated rings. The summed E-state index contributed by atoms with van der Waals surface area (Å²) in [4.78, 5) is 8.87. The number of aromatic nitrogens is 1. The first-order chi connectivity index (χ1) is 8.83. The molecule has 5 heteroatoms. The Morgan fingerprint density at radius 3 is 2.78 bits per heavy atom. The number of piperazine rings is 1. The molecule has 5 nitrogen and oxygen atoms in total. The monoisotopic (exact) mass is 246 g/mol. The van der Waals surface area contributed by atoms with Gasteiger partial charge in [0.05, 0.1) is 19.2 Å². The zero-order valence-corrected chi connectivity index (χ0v) is 10.7. The zero-order chi connectivity index (χ0) is 12.8. The molecule has 18 heavy (non-hydrogen) atoms. The molecule has 1 aromatic rings. The van der Waals surface area contributed by atoms with Crippen molar-refractivity contribution in [2.45, 2.75) is 6.92 Å². The van der Waals surface area contributed by atoms with Crippen LogP contribution >= 0.6 is 0 Å². The second kappa shape index (κ2) is 6.22. The van der Waals surface area contributed by atoms with Gasteiger partial charge in [-0.25, -0.2) is 0 Å². The lowest BCUT2D eigenvalue weighted by Crippen LogP contribution is -2.46. The summed E-state index contributed by atoms with van der Waals surface area (Å²) in [5, 5.41) is 8.66. The number of nitrogens with zero attached hydrogens (tertiary/aromatic N) is 4. The number of hydrogen-bond donors (Lipinski definition) is 0. The van der Waals surface area contributed by atoms with Crippen LogP contribution in [0.5, 0.6) is 5.88 Å². The van der Waals surface area contributed by atoms with Gasteiger partial charge >= 0.3 is 0 Å². The largest absolute Gasteiger partial charge is 0.478 e. The van der Waals surface area contributed by atoms with E-state index >= 15 is 0 Å². The molecule has 0 unspecified atom stereocenters. The Kier molecular flexibility index (Phi) is 4.37. The lowest BCUT2D eigenvalue weighted by atomic mass is 10.3. The lowest BCUT2D eigenvalue weighted by molar-refractivity contribution is 0.285. The van der Waals surface area contributed by atoms with Crippen molar-refractivity contribution in [2.75, 3.05) is 44.2 Å². The summed E-state index contributed by atoms with van der Waals surface area (Å²) < 4.78 is 5.41. The summed E-state index contributed by atoms with van der Waals surface area (Å²) in [6.07, 6.45) is 0. The molecule has 1 aliphatic rings. The molecule has 0 saturated carbocycles. The van der Waals surface area contributed by atoms with Crippen molar-refractivity contribution in [2.24, 2.45) is 0 Å². The van der Waals surface area contributed by atoms with Crippen molar-refractivity contribution in [3.63, 3.8) is 0 Å². The van der Waals surface area contributed by atoms with Crippen molar-refractivity contribution in [1.29, 1.82) is 5.26 Å². The normalized spacial score (nSPS) is 16.3. The molecule has 0 radical (unpaired) electrons. The van der Waals surface area contributed by atoms with E-state index in [-0.39, 0.29) is 0 Å². The van der Waals surface area contributed by atoms with Crippen LogP contribution in [0.4, 0.5) is 5.82 Å². The maximum Gasteiger partial charge on any atom is 0.215 e. The van der Waals surface area contributed by atoms with E-state index < -0.39 is 0 Å². The van der Waals surface area contributed by atoms with Crippen LogP contribution in [0.25, 0.3) is 0 Å². The minimum absolute atomic E-state index is 0.514. The Morgan fingerprint density at radius 1 is 1.33 bits per heavy atom. The minimum atomic E-state index is 0.514. The number of pyridine rings is 1. The quantitative estimate of drug-likeness (QED) is 0.745. The van der Waals surface area contributed by atoms with E-state index in [9.17, 15) is 0 Å². The highest BCUT2D eigenvalue weighted by molar-refractivity contribution is 5.41. The molecule has 1 aromatic heterocycles. The second-order valence-corrected chi connectivity index (χ2v) is 4.19. The first-order valence-corrected chi connectivity index (χ1v) is 6.27. The van der Waals surface area contributed by atoms with Gasteiger partial charge in [0.15, 0.2) is 0 Å². The predicted octanol–water partition coefficient (Wildman–Crippen LogP) is 1.13. The molecule has 0 bridgehead atoms. The van der Waals surface area contributed by atoms with E-state index in [0.717, 1.165) is 32.0 Å². The van der Waals surface area contributed by atoms with E-state index in [1.165, 1.54) is 0 Å². The van der Waals surface area contributed by atoms with Crippen molar-refractivity contribution in [1.82, 2.24) is 9.88 Å². The van der Waals surface area contributed by atoms with Gasteiger partial charge in [-0.3, -0.25) is 4.90 Å². The Labute approximate surface area is 108 Å². The molecule has 96 valence electrons. The third-order valence-electron chi connectivity index (χ3n) is 2.99. The molecule has 1 saturated heterocycles. The summed E-state index contributed by atoms with van der Waals surface area (Å²) in [5.41, 5.74) is 0. The molecule has 1 aliphatic heterocycles. The van der Waals surface area contributed by atoms with E-state index in [1.54, 1.807) is 0 Å². The predicted molar refractivity (Wildman–Crippen MR) is 69.7 cm³/mol. The summed E-state index contributed by atoms with van der Waals surface area (Å²) in [6, 6.07) is 8.03. The molecule has 0 atom stereocenters. The van der Waals surface area contributed by atoms with E-state index in [2.05, 4.69) is 20.9 Å². The van der Waals surface area contributed by atoms with Gasteiger partial charge in [-0.1, -0.05) is 6.07 Å². The average Bonchev–Trinajstić information content (AvgIpc) is 2.41. The van der Waals surface area contributed by atoms with Crippen molar-refractivity contribution < 1.29 is 4.74 Å². The third-order valence-corrected chi connectivity index (χ3v) is 2.99. The summed E-state index contributed by atoms with van der Waals surface area (Å²) in [6.45, 7) is 6.73. The fourth-order valence-corrected chi connectivity index (χ4v) is 2.04. The van der Waals surface area contributed by atoms with Crippen LogP contribution in [-0.4, -0.2) is 49.2 Å². The maximum absolute atomic E-state index is 8.66. The fourth-order valence-electron chi connectivity index (χ4n) is 2.04. The first kappa shape index (κ1) is 12.7. The topological polar surface area (TPSA) is 52.4 Å². The van der Waals surface area contributed by atoms with Crippen LogP contribution in [-0.2, 0) is 0 Å². The Hall–Kier alpha value is -1.80. The van der Waals surface area contributed by atoms with Gasteiger partial charge in [0, 0.05) is 32.2 Å². The Bertz CT molecular complexity index is 421. The summed E-state index contributed by atoms with van der Waals surface area (Å²) in [7, 11) is 0. The van der Waals surface area contributed by atoms with Gasteiger partial charge in [-0.15, -0.1) is 0 Å². The minimum Gasteiger partial charge on any atom is -0.478 e.